The van der Waals surface area contributed by atoms with E-state index < -0.39 is 6.10 Å². The molecule has 0 aliphatic heterocycles. The summed E-state index contributed by atoms with van der Waals surface area (Å²) in [5.41, 5.74) is 2.18. The third-order valence-corrected chi connectivity index (χ3v) is 4.73. The highest BCUT2D eigenvalue weighted by molar-refractivity contribution is 5.83. The molecule has 0 saturated carbocycles. The molecule has 0 bridgehead atoms. The Morgan fingerprint density at radius 3 is 2.88 bits per heavy atom. The van der Waals surface area contributed by atoms with Crippen LogP contribution >= 0.6 is 0 Å². The number of hydrogen-bond acceptors (Lipinski definition) is 6. The van der Waals surface area contributed by atoms with Crippen LogP contribution in [0, 0.1) is 13.8 Å². The fourth-order valence-corrected chi connectivity index (χ4v) is 3.53. The van der Waals surface area contributed by atoms with E-state index in [1.165, 1.54) is 0 Å². The summed E-state index contributed by atoms with van der Waals surface area (Å²) >= 11 is 0. The van der Waals surface area contributed by atoms with Crippen molar-refractivity contribution in [3.8, 4) is 5.75 Å². The summed E-state index contributed by atoms with van der Waals surface area (Å²) < 4.78 is 12.8. The standard InChI is InChI=1S/C19H21N3O4/c1-11-20-12(2)22(21-11)9-13(23)10-25-14-6-7-16-15-4-3-5-17(15)19(24)26-18(16)8-14/h6-8,13,23H,3-5,9-10H2,1-2H3. The molecule has 2 aromatic heterocycles. The average molecular weight is 355 g/mol. The van der Waals surface area contributed by atoms with Gasteiger partial charge in [-0.15, -0.1) is 0 Å². The van der Waals surface area contributed by atoms with E-state index in [4.69, 9.17) is 9.15 Å². The minimum absolute atomic E-state index is 0.110. The third-order valence-electron chi connectivity index (χ3n) is 4.73. The Balaban J connectivity index is 1.48. The van der Waals surface area contributed by atoms with Crippen molar-refractivity contribution in [3.63, 3.8) is 0 Å². The van der Waals surface area contributed by atoms with Gasteiger partial charge in [0, 0.05) is 17.0 Å². The number of aromatic nitrogens is 3. The molecule has 0 saturated heterocycles. The Morgan fingerprint density at radius 2 is 2.12 bits per heavy atom. The van der Waals surface area contributed by atoms with Gasteiger partial charge in [0.15, 0.2) is 0 Å². The van der Waals surface area contributed by atoms with Crippen LogP contribution < -0.4 is 10.4 Å². The Kier molecular flexibility index (Phi) is 4.24. The van der Waals surface area contributed by atoms with Crippen LogP contribution in [-0.2, 0) is 19.4 Å². The summed E-state index contributed by atoms with van der Waals surface area (Å²) in [5.74, 6) is 1.99. The van der Waals surface area contributed by atoms with Gasteiger partial charge < -0.3 is 14.3 Å². The lowest BCUT2D eigenvalue weighted by molar-refractivity contribution is 0.0886. The number of aliphatic hydroxyl groups is 1. The fraction of sp³-hybridized carbons (Fsp3) is 0.421. The van der Waals surface area contributed by atoms with Crippen molar-refractivity contribution in [1.82, 2.24) is 14.8 Å². The second-order valence-corrected chi connectivity index (χ2v) is 6.71. The number of benzene rings is 1. The molecule has 2 heterocycles. The van der Waals surface area contributed by atoms with Gasteiger partial charge in [-0.2, -0.15) is 5.10 Å². The lowest BCUT2D eigenvalue weighted by Gasteiger charge is -2.13. The normalized spacial score (nSPS) is 14.6. The van der Waals surface area contributed by atoms with E-state index in [0.717, 1.165) is 41.6 Å². The van der Waals surface area contributed by atoms with Gasteiger partial charge in [0.2, 0.25) is 0 Å². The van der Waals surface area contributed by atoms with Crippen molar-refractivity contribution in [2.75, 3.05) is 6.61 Å². The molecule has 136 valence electrons. The van der Waals surface area contributed by atoms with E-state index in [0.29, 0.717) is 23.7 Å². The van der Waals surface area contributed by atoms with Crippen molar-refractivity contribution in [3.05, 3.63) is 51.4 Å². The Bertz CT molecular complexity index is 1020. The lowest BCUT2D eigenvalue weighted by Crippen LogP contribution is -2.24. The first kappa shape index (κ1) is 16.8. The van der Waals surface area contributed by atoms with E-state index in [-0.39, 0.29) is 12.2 Å². The zero-order valence-corrected chi connectivity index (χ0v) is 14.9. The van der Waals surface area contributed by atoms with Crippen LogP contribution in [-0.4, -0.2) is 32.6 Å². The molecule has 4 rings (SSSR count). The minimum atomic E-state index is -0.725. The maximum absolute atomic E-state index is 12.1. The first-order valence-electron chi connectivity index (χ1n) is 8.79. The smallest absolute Gasteiger partial charge is 0.339 e. The highest BCUT2D eigenvalue weighted by Gasteiger charge is 2.19. The molecule has 7 heteroatoms. The molecular formula is C19H21N3O4. The molecule has 1 aliphatic carbocycles. The molecule has 1 aliphatic rings. The average Bonchev–Trinajstić information content (AvgIpc) is 3.20. The summed E-state index contributed by atoms with van der Waals surface area (Å²) in [6.07, 6.45) is 1.97. The summed E-state index contributed by atoms with van der Waals surface area (Å²) in [7, 11) is 0. The van der Waals surface area contributed by atoms with E-state index >= 15 is 0 Å². The molecule has 0 fully saturated rings. The number of ether oxygens (including phenoxy) is 1. The first-order chi connectivity index (χ1) is 12.5. The van der Waals surface area contributed by atoms with Crippen LogP contribution in [0.2, 0.25) is 0 Å². The molecule has 26 heavy (non-hydrogen) atoms. The van der Waals surface area contributed by atoms with Crippen LogP contribution in [0.5, 0.6) is 5.75 Å². The topological polar surface area (TPSA) is 90.4 Å². The van der Waals surface area contributed by atoms with Gasteiger partial charge >= 0.3 is 5.63 Å². The van der Waals surface area contributed by atoms with Crippen molar-refractivity contribution >= 4 is 11.0 Å². The zero-order valence-electron chi connectivity index (χ0n) is 14.9. The number of aryl methyl sites for hydroxylation is 3. The molecule has 0 spiro atoms. The molecule has 1 aromatic carbocycles. The van der Waals surface area contributed by atoms with Gasteiger partial charge in [0.05, 0.1) is 6.54 Å². The first-order valence-corrected chi connectivity index (χ1v) is 8.79. The number of fused-ring (bicyclic) bond motifs is 3. The predicted octanol–water partition coefficient (Wildman–Crippen LogP) is 1.93. The van der Waals surface area contributed by atoms with E-state index in [1.807, 2.05) is 26.0 Å². The number of aliphatic hydroxyl groups excluding tert-OH is 1. The van der Waals surface area contributed by atoms with Crippen molar-refractivity contribution in [2.45, 2.75) is 45.8 Å². The molecule has 7 nitrogen and oxygen atoms in total. The van der Waals surface area contributed by atoms with Crippen molar-refractivity contribution in [1.29, 1.82) is 0 Å². The van der Waals surface area contributed by atoms with Crippen molar-refractivity contribution < 1.29 is 14.3 Å². The van der Waals surface area contributed by atoms with Gasteiger partial charge in [-0.05, 0) is 50.8 Å². The van der Waals surface area contributed by atoms with Crippen LogP contribution in [0.3, 0.4) is 0 Å². The maximum Gasteiger partial charge on any atom is 0.339 e. The minimum Gasteiger partial charge on any atom is -0.491 e. The van der Waals surface area contributed by atoms with E-state index in [9.17, 15) is 9.90 Å². The predicted molar refractivity (Wildman–Crippen MR) is 95.5 cm³/mol. The SMILES string of the molecule is Cc1nc(C)n(CC(O)COc2ccc3c4c(c(=O)oc3c2)CCC4)n1. The number of nitrogens with zero attached hydrogens (tertiary/aromatic N) is 3. The van der Waals surface area contributed by atoms with Gasteiger partial charge in [-0.25, -0.2) is 14.5 Å². The van der Waals surface area contributed by atoms with Gasteiger partial charge in [0.25, 0.3) is 0 Å². The zero-order chi connectivity index (χ0) is 18.3. The molecule has 1 unspecified atom stereocenters. The number of rotatable bonds is 5. The summed E-state index contributed by atoms with van der Waals surface area (Å²) in [5, 5.41) is 15.4. The number of hydrogen-bond donors (Lipinski definition) is 1. The van der Waals surface area contributed by atoms with Gasteiger partial charge in [-0.3, -0.25) is 0 Å². The van der Waals surface area contributed by atoms with Crippen LogP contribution in [0.15, 0.2) is 27.4 Å². The van der Waals surface area contributed by atoms with Gasteiger partial charge in [0.1, 0.15) is 35.7 Å². The third kappa shape index (κ3) is 3.10. The molecule has 0 radical (unpaired) electrons. The molecular weight excluding hydrogens is 334 g/mol. The molecule has 1 atom stereocenters. The quantitative estimate of drug-likeness (QED) is 0.703. The summed E-state index contributed by atoms with van der Waals surface area (Å²) in [6, 6.07) is 5.49. The highest BCUT2D eigenvalue weighted by atomic mass is 16.5. The Morgan fingerprint density at radius 1 is 1.31 bits per heavy atom. The fourth-order valence-electron chi connectivity index (χ4n) is 3.53. The van der Waals surface area contributed by atoms with E-state index in [1.54, 1.807) is 10.7 Å². The van der Waals surface area contributed by atoms with Gasteiger partial charge in [-0.1, -0.05) is 0 Å². The molecule has 3 aromatic rings. The van der Waals surface area contributed by atoms with Crippen LogP contribution in [0.25, 0.3) is 11.0 Å². The second kappa shape index (κ2) is 6.57. The molecule has 1 N–H and O–H groups in total. The molecule has 0 amide bonds. The second-order valence-electron chi connectivity index (χ2n) is 6.71. The van der Waals surface area contributed by atoms with Crippen molar-refractivity contribution in [2.24, 2.45) is 0 Å². The highest BCUT2D eigenvalue weighted by Crippen LogP contribution is 2.29. The summed E-state index contributed by atoms with van der Waals surface area (Å²) in [4.78, 5) is 16.3. The van der Waals surface area contributed by atoms with E-state index in [2.05, 4.69) is 10.1 Å². The maximum atomic E-state index is 12.1. The Labute approximate surface area is 150 Å². The summed E-state index contributed by atoms with van der Waals surface area (Å²) in [6.45, 7) is 4.07. The van der Waals surface area contributed by atoms with Crippen LogP contribution in [0.4, 0.5) is 0 Å². The monoisotopic (exact) mass is 355 g/mol. The lowest BCUT2D eigenvalue weighted by atomic mass is 10.1. The van der Waals surface area contributed by atoms with Crippen LogP contribution in [0.1, 0.15) is 29.2 Å². The largest absolute Gasteiger partial charge is 0.491 e. The Hall–Kier alpha value is -2.67.